The van der Waals surface area contributed by atoms with E-state index in [2.05, 4.69) is 6.58 Å². The maximum absolute atomic E-state index is 12.7. The zero-order valence-electron chi connectivity index (χ0n) is 19.2. The number of esters is 2. The Morgan fingerprint density at radius 2 is 1.80 bits per heavy atom. The van der Waals surface area contributed by atoms with Crippen LogP contribution in [-0.4, -0.2) is 47.1 Å². The number of rotatable bonds is 8. The number of aliphatic hydroxyl groups excluding tert-OH is 1. The third-order valence-electron chi connectivity index (χ3n) is 5.31. The van der Waals surface area contributed by atoms with Gasteiger partial charge in [0.1, 0.15) is 10.7 Å². The Bertz CT molecular complexity index is 1220. The van der Waals surface area contributed by atoms with Crippen LogP contribution in [0.4, 0.5) is 5.88 Å². The van der Waals surface area contributed by atoms with Crippen LogP contribution < -0.4 is 0 Å². The van der Waals surface area contributed by atoms with E-state index in [0.717, 1.165) is 0 Å². The molecule has 0 bridgehead atoms. The molecule has 1 unspecified atom stereocenters. The summed E-state index contributed by atoms with van der Waals surface area (Å²) in [5, 5.41) is 20.4. The van der Waals surface area contributed by atoms with Crippen molar-refractivity contribution in [1.82, 2.24) is 4.90 Å². The fraction of sp³-hybridized carbons (Fsp3) is 0.200. The number of carbonyl (C=O) groups excluding carboxylic acids is 2. The molecule has 0 saturated heterocycles. The van der Waals surface area contributed by atoms with Gasteiger partial charge in [-0.2, -0.15) is 0 Å². The second-order valence-electron chi connectivity index (χ2n) is 7.46. The SMILES string of the molecule is C=CC1C=C(c2ccc(CO)cc2)C=C(C(=O)OC)C(C(=O)OC)=CN1Cc1ccc([N+](=O)[O-])o1. The Balaban J connectivity index is 2.20. The first kappa shape index (κ1) is 25.2. The maximum atomic E-state index is 12.7. The molecule has 35 heavy (non-hydrogen) atoms. The molecule has 1 aromatic carbocycles. The summed E-state index contributed by atoms with van der Waals surface area (Å²) >= 11 is 0. The van der Waals surface area contributed by atoms with Crippen LogP contribution in [0.25, 0.3) is 5.57 Å². The summed E-state index contributed by atoms with van der Waals surface area (Å²) in [4.78, 5) is 37.4. The first-order valence-electron chi connectivity index (χ1n) is 10.4. The maximum Gasteiger partial charge on any atom is 0.433 e. The van der Waals surface area contributed by atoms with Crippen molar-refractivity contribution in [3.8, 4) is 0 Å². The minimum atomic E-state index is -0.781. The number of ether oxygens (including phenoxy) is 2. The zero-order valence-corrected chi connectivity index (χ0v) is 19.2. The van der Waals surface area contributed by atoms with E-state index in [1.165, 1.54) is 38.6 Å². The molecular weight excluding hydrogens is 456 g/mol. The molecule has 0 amide bonds. The number of benzene rings is 1. The van der Waals surface area contributed by atoms with Crippen LogP contribution in [-0.2, 0) is 32.2 Å². The van der Waals surface area contributed by atoms with Crippen LogP contribution in [0.15, 0.2) is 83.0 Å². The average Bonchev–Trinajstić information content (AvgIpc) is 3.34. The second kappa shape index (κ2) is 11.1. The number of furan rings is 1. The van der Waals surface area contributed by atoms with Gasteiger partial charge >= 0.3 is 17.8 Å². The highest BCUT2D eigenvalue weighted by Gasteiger charge is 2.28. The summed E-state index contributed by atoms with van der Waals surface area (Å²) in [5.41, 5.74) is 1.85. The Morgan fingerprint density at radius 3 is 2.34 bits per heavy atom. The van der Waals surface area contributed by atoms with Gasteiger partial charge in [-0.15, -0.1) is 6.58 Å². The summed E-state index contributed by atoms with van der Waals surface area (Å²) in [6.45, 7) is 3.77. The van der Waals surface area contributed by atoms with Gasteiger partial charge in [0.05, 0.1) is 50.6 Å². The number of hydrogen-bond donors (Lipinski definition) is 1. The number of nitro groups is 1. The highest BCUT2D eigenvalue weighted by atomic mass is 16.6. The standard InChI is InChI=1S/C25H24N2O8/c1-4-19-11-18(17-7-5-16(15-28)6-8-17)12-21(24(29)33-2)22(25(30)34-3)14-26(19)13-20-9-10-23(35-20)27(31)32/h4-12,14,19,28H,1,13,15H2,2-3H3. The molecule has 0 radical (unpaired) electrons. The molecule has 0 saturated carbocycles. The van der Waals surface area contributed by atoms with Gasteiger partial charge in [-0.3, -0.25) is 10.1 Å². The van der Waals surface area contributed by atoms with Crippen LogP contribution in [0, 0.1) is 10.1 Å². The zero-order chi connectivity index (χ0) is 25.5. The number of hydrogen-bond acceptors (Lipinski definition) is 9. The van der Waals surface area contributed by atoms with Gasteiger partial charge in [-0.1, -0.05) is 36.4 Å². The van der Waals surface area contributed by atoms with E-state index in [4.69, 9.17) is 13.9 Å². The van der Waals surface area contributed by atoms with Crippen molar-refractivity contribution in [3.05, 3.63) is 106 Å². The van der Waals surface area contributed by atoms with E-state index in [1.807, 2.05) is 6.08 Å². The summed E-state index contributed by atoms with van der Waals surface area (Å²) in [6, 6.07) is 9.19. The topological polar surface area (TPSA) is 132 Å². The third kappa shape index (κ3) is 5.74. The van der Waals surface area contributed by atoms with Crippen molar-refractivity contribution in [2.75, 3.05) is 14.2 Å². The van der Waals surface area contributed by atoms with Gasteiger partial charge in [0, 0.05) is 6.20 Å². The van der Waals surface area contributed by atoms with Gasteiger partial charge in [0.15, 0.2) is 0 Å². The number of carbonyl (C=O) groups is 2. The lowest BCUT2D eigenvalue weighted by atomic mass is 9.94. The van der Waals surface area contributed by atoms with Crippen molar-refractivity contribution >= 4 is 23.4 Å². The first-order valence-corrected chi connectivity index (χ1v) is 10.4. The molecule has 1 aliphatic heterocycles. The molecule has 2 heterocycles. The van der Waals surface area contributed by atoms with Crippen molar-refractivity contribution in [1.29, 1.82) is 0 Å². The van der Waals surface area contributed by atoms with Crippen LogP contribution in [0.2, 0.25) is 0 Å². The number of nitrogens with zero attached hydrogens (tertiary/aromatic N) is 2. The smallest absolute Gasteiger partial charge is 0.433 e. The van der Waals surface area contributed by atoms with Crippen molar-refractivity contribution < 1.29 is 33.5 Å². The molecule has 1 aliphatic rings. The van der Waals surface area contributed by atoms with E-state index in [0.29, 0.717) is 16.7 Å². The van der Waals surface area contributed by atoms with Crippen molar-refractivity contribution in [2.24, 2.45) is 0 Å². The Labute approximate surface area is 201 Å². The fourth-order valence-electron chi connectivity index (χ4n) is 3.50. The minimum Gasteiger partial charge on any atom is -0.465 e. The van der Waals surface area contributed by atoms with E-state index >= 15 is 0 Å². The molecule has 0 aliphatic carbocycles. The highest BCUT2D eigenvalue weighted by Crippen LogP contribution is 2.29. The lowest BCUT2D eigenvalue weighted by Gasteiger charge is -2.29. The Hall–Kier alpha value is -4.44. The second-order valence-corrected chi connectivity index (χ2v) is 7.46. The number of methoxy groups -OCH3 is 2. The summed E-state index contributed by atoms with van der Waals surface area (Å²) < 4.78 is 15.1. The number of aliphatic hydroxyl groups is 1. The molecule has 1 N–H and O–H groups in total. The third-order valence-corrected chi connectivity index (χ3v) is 5.31. The van der Waals surface area contributed by atoms with Crippen molar-refractivity contribution in [2.45, 2.75) is 19.2 Å². The predicted octanol–water partition coefficient (Wildman–Crippen LogP) is 3.29. The lowest BCUT2D eigenvalue weighted by molar-refractivity contribution is -0.402. The van der Waals surface area contributed by atoms with Crippen molar-refractivity contribution in [3.63, 3.8) is 0 Å². The van der Waals surface area contributed by atoms with E-state index in [1.54, 1.807) is 35.2 Å². The Morgan fingerprint density at radius 1 is 1.14 bits per heavy atom. The van der Waals surface area contributed by atoms with E-state index in [9.17, 15) is 24.8 Å². The molecule has 3 rings (SSSR count). The number of allylic oxidation sites excluding steroid dienone is 2. The van der Waals surface area contributed by atoms with Crippen LogP contribution in [0.5, 0.6) is 0 Å². The van der Waals surface area contributed by atoms with E-state index in [-0.39, 0.29) is 30.1 Å². The molecule has 0 spiro atoms. The first-order chi connectivity index (χ1) is 16.8. The van der Waals surface area contributed by atoms with E-state index < -0.39 is 28.8 Å². The molecule has 2 aromatic rings. The molecule has 0 fully saturated rings. The highest BCUT2D eigenvalue weighted by molar-refractivity contribution is 6.08. The van der Waals surface area contributed by atoms with Gasteiger partial charge in [-0.05, 0) is 28.8 Å². The lowest BCUT2D eigenvalue weighted by Crippen LogP contribution is -2.30. The Kier molecular flexibility index (Phi) is 8.00. The predicted molar refractivity (Wildman–Crippen MR) is 125 cm³/mol. The summed E-state index contributed by atoms with van der Waals surface area (Å²) in [5.74, 6) is -1.70. The summed E-state index contributed by atoms with van der Waals surface area (Å²) in [7, 11) is 2.38. The van der Waals surface area contributed by atoms with Crippen LogP contribution in [0.1, 0.15) is 16.9 Å². The van der Waals surface area contributed by atoms with Gasteiger partial charge < -0.3 is 23.9 Å². The molecule has 182 valence electrons. The molecule has 1 atom stereocenters. The minimum absolute atomic E-state index is 0.0205. The van der Waals surface area contributed by atoms with Gasteiger partial charge in [-0.25, -0.2) is 9.59 Å². The van der Waals surface area contributed by atoms with Crippen LogP contribution >= 0.6 is 0 Å². The monoisotopic (exact) mass is 480 g/mol. The quantitative estimate of drug-likeness (QED) is 0.261. The molecule has 1 aromatic heterocycles. The van der Waals surface area contributed by atoms with Crippen LogP contribution in [0.3, 0.4) is 0 Å². The molecular formula is C25H24N2O8. The molecule has 10 nitrogen and oxygen atoms in total. The average molecular weight is 480 g/mol. The summed E-state index contributed by atoms with van der Waals surface area (Å²) in [6.07, 6.45) is 6.36. The largest absolute Gasteiger partial charge is 0.465 e. The normalized spacial score (nSPS) is 15.7. The fourth-order valence-corrected chi connectivity index (χ4v) is 3.50. The van der Waals surface area contributed by atoms with Gasteiger partial charge in [0.2, 0.25) is 0 Å². The van der Waals surface area contributed by atoms with Gasteiger partial charge in [0.25, 0.3) is 0 Å². The molecule has 10 heteroatoms.